The molecule has 5 nitrogen and oxygen atoms in total. The minimum absolute atomic E-state index is 0.222. The van der Waals surface area contributed by atoms with Crippen LogP contribution in [0.5, 0.6) is 0 Å². The molecule has 0 saturated heterocycles. The molecule has 196 valence electrons. The van der Waals surface area contributed by atoms with Crippen molar-refractivity contribution in [1.82, 2.24) is 19.9 Å². The number of hydrogen-bond donors (Lipinski definition) is 0. The third-order valence-electron chi connectivity index (χ3n) is 6.29. The van der Waals surface area contributed by atoms with Crippen molar-refractivity contribution >= 4 is 21.9 Å². The first-order chi connectivity index (χ1) is 18.5. The molecule has 0 radical (unpaired) electrons. The Morgan fingerprint density at radius 1 is 0.763 bits per heavy atom. The highest BCUT2D eigenvalue weighted by Crippen LogP contribution is 2.37. The van der Waals surface area contributed by atoms with E-state index in [9.17, 15) is 0 Å². The largest absolute Gasteiger partial charge is 0.455 e. The lowest BCUT2D eigenvalue weighted by Crippen LogP contribution is -2.24. The number of aromatic nitrogens is 4. The van der Waals surface area contributed by atoms with Crippen LogP contribution >= 0.6 is 0 Å². The van der Waals surface area contributed by atoms with Gasteiger partial charge in [-0.05, 0) is 47.7 Å². The molecule has 5 heteroatoms. The van der Waals surface area contributed by atoms with Gasteiger partial charge in [-0.3, -0.25) is 4.98 Å². The fourth-order valence-electron chi connectivity index (χ4n) is 4.40. The van der Waals surface area contributed by atoms with E-state index in [1.165, 1.54) is 0 Å². The Hall–Kier alpha value is -3.60. The second-order valence-corrected chi connectivity index (χ2v) is 13.1. The topological polar surface area (TPSA) is 64.7 Å². The van der Waals surface area contributed by atoms with Crippen LogP contribution in [0.15, 0.2) is 59.1 Å². The van der Waals surface area contributed by atoms with Crippen molar-refractivity contribution in [2.45, 2.75) is 79.5 Å². The van der Waals surface area contributed by atoms with Crippen molar-refractivity contribution in [3.8, 4) is 22.6 Å². The van der Waals surface area contributed by atoms with Gasteiger partial charge in [-0.15, -0.1) is 0 Å². The average Bonchev–Trinajstić information content (AvgIpc) is 3.25. The van der Waals surface area contributed by atoms with Gasteiger partial charge in [-0.1, -0.05) is 80.5 Å². The van der Waals surface area contributed by atoms with Gasteiger partial charge in [0, 0.05) is 41.7 Å². The molecule has 2 aromatic carbocycles. The lowest BCUT2D eigenvalue weighted by atomic mass is 9.88. The van der Waals surface area contributed by atoms with E-state index in [0.717, 1.165) is 44.7 Å². The van der Waals surface area contributed by atoms with Gasteiger partial charge >= 0.3 is 0 Å². The predicted octanol–water partition coefficient (Wildman–Crippen LogP) is 8.68. The number of para-hydroxylation sites is 1. The Labute approximate surface area is 228 Å². The first-order valence-electron chi connectivity index (χ1n) is 14.2. The summed E-state index contributed by atoms with van der Waals surface area (Å²) in [4.78, 5) is 19.1. The molecule has 0 N–H and O–H groups in total. The zero-order valence-electron chi connectivity index (χ0n) is 25.9. The molecule has 3 aromatic heterocycles. The molecule has 0 spiro atoms. The Morgan fingerprint density at radius 3 is 2.08 bits per heavy atom. The maximum atomic E-state index is 8.74. The number of rotatable bonds is 3. The Morgan fingerprint density at radius 2 is 1.45 bits per heavy atom. The summed E-state index contributed by atoms with van der Waals surface area (Å²) in [5.41, 5.74) is 3.41. The van der Waals surface area contributed by atoms with E-state index in [4.69, 9.17) is 22.1 Å². The quantitative estimate of drug-likeness (QED) is 0.244. The van der Waals surface area contributed by atoms with Crippen LogP contribution in [-0.4, -0.2) is 19.9 Å². The fourth-order valence-corrected chi connectivity index (χ4v) is 4.40. The molecule has 0 amide bonds. The summed E-state index contributed by atoms with van der Waals surface area (Å²) in [7, 11) is 0. The van der Waals surface area contributed by atoms with E-state index in [1.54, 1.807) is 12.3 Å². The van der Waals surface area contributed by atoms with Gasteiger partial charge in [0.25, 0.3) is 0 Å². The normalized spacial score (nSPS) is 14.1. The van der Waals surface area contributed by atoms with Crippen molar-refractivity contribution in [3.63, 3.8) is 0 Å². The summed E-state index contributed by atoms with van der Waals surface area (Å²) in [6, 6.07) is 15.7. The predicted molar refractivity (Wildman–Crippen MR) is 156 cm³/mol. The van der Waals surface area contributed by atoms with E-state index in [-0.39, 0.29) is 10.8 Å². The Balaban J connectivity index is 1.66. The van der Waals surface area contributed by atoms with Crippen LogP contribution in [0, 0.1) is 5.41 Å². The lowest BCUT2D eigenvalue weighted by molar-refractivity contribution is 0.411. The van der Waals surface area contributed by atoms with Crippen molar-refractivity contribution in [2.75, 3.05) is 0 Å². The van der Waals surface area contributed by atoms with Gasteiger partial charge in [-0.25, -0.2) is 15.0 Å². The third-order valence-corrected chi connectivity index (χ3v) is 6.29. The first-order valence-corrected chi connectivity index (χ1v) is 13.2. The summed E-state index contributed by atoms with van der Waals surface area (Å²) in [5, 5.41) is 1.97. The molecular weight excluding hydrogens is 468 g/mol. The number of nitrogens with zero attached hydrogens (tertiary/aromatic N) is 4. The van der Waals surface area contributed by atoms with Gasteiger partial charge in [0.2, 0.25) is 0 Å². The molecule has 0 bridgehead atoms. The fraction of sp³-hybridized carbons (Fsp3) is 0.394. The van der Waals surface area contributed by atoms with Gasteiger partial charge in [-0.2, -0.15) is 0 Å². The third kappa shape index (κ3) is 5.20. The standard InChI is InChI=1S/C33H38N4O/c1-31(2,3)19-20-15-16-34-25(17-20)24-12-10-11-23-22-14-13-21(18-26(22)38-27(23)24)28-35-29(32(4,5)6)37-30(36-28)33(7,8)9/h10-18H,19H2,1-9H3/i19D2. The Kier molecular flexibility index (Phi) is 5.57. The molecule has 0 fully saturated rings. The molecule has 38 heavy (non-hydrogen) atoms. The second-order valence-electron chi connectivity index (χ2n) is 13.1. The van der Waals surface area contributed by atoms with E-state index < -0.39 is 11.8 Å². The smallest absolute Gasteiger partial charge is 0.163 e. The second kappa shape index (κ2) is 9.00. The maximum absolute atomic E-state index is 8.74. The van der Waals surface area contributed by atoms with E-state index in [2.05, 4.69) is 52.6 Å². The highest BCUT2D eigenvalue weighted by Gasteiger charge is 2.26. The number of hydrogen-bond acceptors (Lipinski definition) is 5. The molecular formula is C33H38N4O. The highest BCUT2D eigenvalue weighted by molar-refractivity contribution is 6.09. The van der Waals surface area contributed by atoms with Crippen LogP contribution in [0.3, 0.4) is 0 Å². The molecule has 0 aliphatic heterocycles. The lowest BCUT2D eigenvalue weighted by Gasteiger charge is -2.22. The van der Waals surface area contributed by atoms with Crippen molar-refractivity contribution < 1.29 is 7.16 Å². The first kappa shape index (κ1) is 23.5. The summed E-state index contributed by atoms with van der Waals surface area (Å²) < 4.78 is 24.0. The van der Waals surface area contributed by atoms with E-state index in [1.807, 2.05) is 57.2 Å². The van der Waals surface area contributed by atoms with Crippen molar-refractivity contribution in [2.24, 2.45) is 5.41 Å². The summed E-state index contributed by atoms with van der Waals surface area (Å²) in [6.07, 6.45) is 0.151. The van der Waals surface area contributed by atoms with Gasteiger partial charge in [0.15, 0.2) is 5.82 Å². The van der Waals surface area contributed by atoms with Crippen molar-refractivity contribution in [1.29, 1.82) is 0 Å². The minimum Gasteiger partial charge on any atom is -0.455 e. The van der Waals surface area contributed by atoms with Gasteiger partial charge < -0.3 is 4.42 Å². The molecule has 5 rings (SSSR count). The molecule has 0 unspecified atom stereocenters. The minimum atomic E-state index is -1.52. The number of fused-ring (bicyclic) bond motifs is 3. The monoisotopic (exact) mass is 508 g/mol. The molecule has 3 heterocycles. The van der Waals surface area contributed by atoms with Crippen LogP contribution in [0.4, 0.5) is 0 Å². The van der Waals surface area contributed by atoms with Crippen LogP contribution < -0.4 is 0 Å². The SMILES string of the molecule is [2H]C([2H])(c1ccnc(-c2cccc3c2oc2cc(-c4nc(C(C)(C)C)nc(C(C)(C)C)n4)ccc23)c1)C(C)(C)C. The highest BCUT2D eigenvalue weighted by atomic mass is 16.3. The molecule has 0 aliphatic rings. The van der Waals surface area contributed by atoms with Gasteiger partial charge in [0.1, 0.15) is 22.8 Å². The number of pyridine rings is 1. The molecule has 0 atom stereocenters. The van der Waals surface area contributed by atoms with Crippen LogP contribution in [0.2, 0.25) is 0 Å². The number of furan rings is 1. The average molecular weight is 509 g/mol. The van der Waals surface area contributed by atoms with Gasteiger partial charge in [0.05, 0.1) is 5.69 Å². The van der Waals surface area contributed by atoms with E-state index >= 15 is 0 Å². The zero-order chi connectivity index (χ0) is 29.3. The summed E-state index contributed by atoms with van der Waals surface area (Å²) >= 11 is 0. The Bertz CT molecular complexity index is 1700. The zero-order valence-corrected chi connectivity index (χ0v) is 23.9. The van der Waals surface area contributed by atoms with Crippen LogP contribution in [0.1, 0.15) is 82.3 Å². The van der Waals surface area contributed by atoms with E-state index in [0.29, 0.717) is 17.1 Å². The summed E-state index contributed by atoms with van der Waals surface area (Å²) in [5.74, 6) is 2.15. The molecule has 0 saturated carbocycles. The van der Waals surface area contributed by atoms with Crippen molar-refractivity contribution in [3.05, 3.63) is 71.9 Å². The maximum Gasteiger partial charge on any atom is 0.163 e. The molecule has 5 aromatic rings. The molecule has 0 aliphatic carbocycles. The van der Waals surface area contributed by atoms with Crippen LogP contribution in [0.25, 0.3) is 44.6 Å². The van der Waals surface area contributed by atoms with Crippen LogP contribution in [-0.2, 0) is 17.2 Å². The number of benzene rings is 2. The summed E-state index contributed by atoms with van der Waals surface area (Å²) in [6.45, 7) is 18.4.